The van der Waals surface area contributed by atoms with E-state index in [9.17, 15) is 30.8 Å². The summed E-state index contributed by atoms with van der Waals surface area (Å²) in [4.78, 5) is 13.4. The Kier molecular flexibility index (Phi) is 7.43. The van der Waals surface area contributed by atoms with E-state index in [1.54, 1.807) is 12.1 Å². The Bertz CT molecular complexity index is 1080. The number of morpholine rings is 1. The fourth-order valence-electron chi connectivity index (χ4n) is 3.18. The van der Waals surface area contributed by atoms with Crippen LogP contribution in [0, 0.1) is 5.82 Å². The van der Waals surface area contributed by atoms with Gasteiger partial charge in [-0.25, -0.2) is 17.5 Å². The lowest BCUT2D eigenvalue weighted by Gasteiger charge is -2.33. The van der Waals surface area contributed by atoms with Crippen molar-refractivity contribution in [1.29, 1.82) is 0 Å². The Morgan fingerprint density at radius 2 is 1.88 bits per heavy atom. The molecule has 0 aromatic heterocycles. The van der Waals surface area contributed by atoms with Crippen LogP contribution < -0.4 is 4.72 Å². The normalized spacial score (nSPS) is 17.4. The molecule has 3 rings (SSSR count). The van der Waals surface area contributed by atoms with Crippen molar-refractivity contribution in [3.05, 3.63) is 64.4 Å². The van der Waals surface area contributed by atoms with Gasteiger partial charge in [-0.3, -0.25) is 4.79 Å². The first kappa shape index (κ1) is 24.4. The quantitative estimate of drug-likeness (QED) is 0.620. The molecule has 1 aliphatic rings. The summed E-state index contributed by atoms with van der Waals surface area (Å²) < 4.78 is 84.5. The molecule has 1 amide bonds. The minimum Gasteiger partial charge on any atom is -0.370 e. The Morgan fingerprint density at radius 3 is 2.53 bits per heavy atom. The molecule has 2 aromatic rings. The molecule has 0 spiro atoms. The van der Waals surface area contributed by atoms with Gasteiger partial charge in [-0.05, 0) is 35.9 Å². The van der Waals surface area contributed by atoms with Crippen LogP contribution in [-0.4, -0.2) is 45.5 Å². The maximum absolute atomic E-state index is 13.1. The molecule has 12 heteroatoms. The second kappa shape index (κ2) is 9.74. The van der Waals surface area contributed by atoms with E-state index in [0.29, 0.717) is 18.2 Å². The molecule has 1 saturated heterocycles. The van der Waals surface area contributed by atoms with Crippen LogP contribution in [0.5, 0.6) is 0 Å². The van der Waals surface area contributed by atoms with Crippen molar-refractivity contribution >= 4 is 27.5 Å². The van der Waals surface area contributed by atoms with Crippen molar-refractivity contribution in [2.24, 2.45) is 0 Å². The number of amides is 1. The van der Waals surface area contributed by atoms with Crippen molar-refractivity contribution in [3.63, 3.8) is 0 Å². The fourth-order valence-corrected chi connectivity index (χ4v) is 4.46. The van der Waals surface area contributed by atoms with Gasteiger partial charge in [0.1, 0.15) is 11.9 Å². The number of sulfonamides is 1. The van der Waals surface area contributed by atoms with Crippen molar-refractivity contribution < 1.29 is 35.5 Å². The van der Waals surface area contributed by atoms with E-state index in [0.717, 1.165) is 12.1 Å². The first-order valence-corrected chi connectivity index (χ1v) is 11.3. The van der Waals surface area contributed by atoms with Gasteiger partial charge in [-0.15, -0.1) is 0 Å². The molecule has 1 N–H and O–H groups in total. The molecule has 0 radical (unpaired) electrons. The fraction of sp³-hybridized carbons (Fsp3) is 0.350. The van der Waals surface area contributed by atoms with Gasteiger partial charge < -0.3 is 9.64 Å². The van der Waals surface area contributed by atoms with Crippen molar-refractivity contribution in [2.75, 3.05) is 26.2 Å². The monoisotopic (exact) mass is 494 g/mol. The van der Waals surface area contributed by atoms with Gasteiger partial charge in [0.25, 0.3) is 0 Å². The lowest BCUT2D eigenvalue weighted by Crippen LogP contribution is -2.43. The smallest absolute Gasteiger partial charge is 0.370 e. The summed E-state index contributed by atoms with van der Waals surface area (Å²) in [6.45, 7) is 0.465. The molecule has 1 fully saturated rings. The zero-order valence-corrected chi connectivity index (χ0v) is 18.1. The summed E-state index contributed by atoms with van der Waals surface area (Å²) in [7, 11) is -4.28. The molecule has 1 atom stereocenters. The third kappa shape index (κ3) is 5.97. The number of ether oxygens (including phenoxy) is 1. The van der Waals surface area contributed by atoms with Gasteiger partial charge in [0.2, 0.25) is 15.9 Å². The van der Waals surface area contributed by atoms with Crippen LogP contribution in [0.3, 0.4) is 0 Å². The molecule has 0 saturated carbocycles. The van der Waals surface area contributed by atoms with Crippen LogP contribution in [0.4, 0.5) is 17.6 Å². The Labute approximate surface area is 187 Å². The SMILES string of the molecule is O=C(CCNS(=O)(=O)c1ccc(Cl)c(C(F)(F)F)c1)N1CCOC(c2ccc(F)cc2)C1. The van der Waals surface area contributed by atoms with E-state index in [2.05, 4.69) is 4.72 Å². The van der Waals surface area contributed by atoms with E-state index in [1.165, 1.54) is 17.0 Å². The Morgan fingerprint density at radius 1 is 1.19 bits per heavy atom. The highest BCUT2D eigenvalue weighted by Crippen LogP contribution is 2.35. The molecule has 1 unspecified atom stereocenters. The Hall–Kier alpha value is -2.21. The number of halogens is 5. The predicted molar refractivity (Wildman–Crippen MR) is 108 cm³/mol. The lowest BCUT2D eigenvalue weighted by atomic mass is 10.1. The van der Waals surface area contributed by atoms with Gasteiger partial charge in [0.15, 0.2) is 0 Å². The molecule has 1 heterocycles. The van der Waals surface area contributed by atoms with Crippen LogP contribution in [0.15, 0.2) is 47.4 Å². The van der Waals surface area contributed by atoms with E-state index in [4.69, 9.17) is 16.3 Å². The molecule has 0 bridgehead atoms. The molecule has 32 heavy (non-hydrogen) atoms. The third-order valence-corrected chi connectivity index (χ3v) is 6.63. The largest absolute Gasteiger partial charge is 0.417 e. The van der Waals surface area contributed by atoms with Crippen LogP contribution in [0.2, 0.25) is 5.02 Å². The predicted octanol–water partition coefficient (Wildman–Crippen LogP) is 3.77. The molecule has 1 aliphatic heterocycles. The zero-order chi connectivity index (χ0) is 23.5. The van der Waals surface area contributed by atoms with Crippen LogP contribution in [0.1, 0.15) is 23.7 Å². The van der Waals surface area contributed by atoms with Crippen LogP contribution in [-0.2, 0) is 25.7 Å². The number of nitrogens with one attached hydrogen (secondary N) is 1. The maximum Gasteiger partial charge on any atom is 0.417 e. The minimum absolute atomic E-state index is 0.199. The highest BCUT2D eigenvalue weighted by Gasteiger charge is 2.34. The molecule has 6 nitrogen and oxygen atoms in total. The molecule has 2 aromatic carbocycles. The van der Waals surface area contributed by atoms with E-state index >= 15 is 0 Å². The van der Waals surface area contributed by atoms with Crippen LogP contribution >= 0.6 is 11.6 Å². The number of nitrogens with zero attached hydrogens (tertiary/aromatic N) is 1. The number of rotatable bonds is 6. The zero-order valence-electron chi connectivity index (χ0n) is 16.5. The number of alkyl halides is 3. The Balaban J connectivity index is 1.58. The first-order chi connectivity index (χ1) is 15.0. The third-order valence-electron chi connectivity index (χ3n) is 4.85. The summed E-state index contributed by atoms with van der Waals surface area (Å²) in [6.07, 6.45) is -5.45. The van der Waals surface area contributed by atoms with Gasteiger partial charge in [0, 0.05) is 19.5 Å². The number of hydrogen-bond acceptors (Lipinski definition) is 4. The maximum atomic E-state index is 13.1. The van der Waals surface area contributed by atoms with Gasteiger partial charge in [0.05, 0.1) is 28.6 Å². The van der Waals surface area contributed by atoms with Crippen molar-refractivity contribution in [2.45, 2.75) is 23.6 Å². The summed E-state index contributed by atoms with van der Waals surface area (Å²) >= 11 is 5.51. The molecule has 0 aliphatic carbocycles. The molecule has 174 valence electrons. The minimum atomic E-state index is -4.81. The summed E-state index contributed by atoms with van der Waals surface area (Å²) in [5, 5.41) is -0.616. The average molecular weight is 495 g/mol. The first-order valence-electron chi connectivity index (χ1n) is 9.48. The van der Waals surface area contributed by atoms with E-state index in [1.807, 2.05) is 0 Å². The molecular formula is C20H19ClF4N2O4S. The lowest BCUT2D eigenvalue weighted by molar-refractivity contribution is -0.139. The van der Waals surface area contributed by atoms with Crippen molar-refractivity contribution in [1.82, 2.24) is 9.62 Å². The summed E-state index contributed by atoms with van der Waals surface area (Å²) in [5.74, 6) is -0.747. The summed E-state index contributed by atoms with van der Waals surface area (Å²) in [6, 6.07) is 7.95. The molecular weight excluding hydrogens is 476 g/mol. The number of benzene rings is 2. The highest BCUT2D eigenvalue weighted by molar-refractivity contribution is 7.89. The van der Waals surface area contributed by atoms with Crippen molar-refractivity contribution in [3.8, 4) is 0 Å². The van der Waals surface area contributed by atoms with Gasteiger partial charge >= 0.3 is 6.18 Å². The standard InChI is InChI=1S/C20H19ClF4N2O4S/c21-17-6-5-15(11-16(17)20(23,24)25)32(29,30)26-8-7-19(28)27-9-10-31-18(12-27)13-1-3-14(22)4-2-13/h1-6,11,18,26H,7-10,12H2. The van der Waals surface area contributed by atoms with Gasteiger partial charge in [-0.1, -0.05) is 23.7 Å². The van der Waals surface area contributed by atoms with E-state index in [-0.39, 0.29) is 32.0 Å². The average Bonchev–Trinajstić information content (AvgIpc) is 2.73. The number of carbonyl (C=O) groups is 1. The van der Waals surface area contributed by atoms with Crippen LogP contribution in [0.25, 0.3) is 0 Å². The number of hydrogen-bond donors (Lipinski definition) is 1. The topological polar surface area (TPSA) is 75.7 Å². The summed E-state index contributed by atoms with van der Waals surface area (Å²) in [5.41, 5.74) is -0.564. The van der Waals surface area contributed by atoms with E-state index < -0.39 is 43.6 Å². The van der Waals surface area contributed by atoms with Gasteiger partial charge in [-0.2, -0.15) is 13.2 Å². The number of carbonyl (C=O) groups excluding carboxylic acids is 1. The highest BCUT2D eigenvalue weighted by atomic mass is 35.5. The second-order valence-electron chi connectivity index (χ2n) is 7.04. The second-order valence-corrected chi connectivity index (χ2v) is 9.21.